The number of aromatic nitrogens is 2. The number of rotatable bonds is 3. The maximum atomic E-state index is 5.60. The van der Waals surface area contributed by atoms with Gasteiger partial charge in [-0.2, -0.15) is 0 Å². The number of hydrogen-bond donors (Lipinski definition) is 1. The molecule has 0 atom stereocenters. The smallest absolute Gasteiger partial charge is 0.318 e. The van der Waals surface area contributed by atoms with Crippen molar-refractivity contribution in [3.63, 3.8) is 0 Å². The highest BCUT2D eigenvalue weighted by atomic mass is 32.1. The molecule has 6 heteroatoms. The minimum absolute atomic E-state index is 0.616. The third kappa shape index (κ3) is 2.05. The van der Waals surface area contributed by atoms with Crippen LogP contribution in [-0.4, -0.2) is 23.8 Å². The molecule has 17 heavy (non-hydrogen) atoms. The van der Waals surface area contributed by atoms with Gasteiger partial charge in [0.05, 0.1) is 6.54 Å². The number of nitrogens with one attached hydrogen (secondary N) is 1. The molecule has 0 saturated carbocycles. The van der Waals surface area contributed by atoms with Gasteiger partial charge in [-0.15, -0.1) is 16.4 Å². The number of nitrogens with zero attached hydrogens (tertiary/aromatic N) is 3. The Hall–Kier alpha value is -1.40. The van der Waals surface area contributed by atoms with Crippen LogP contribution in [0, 0.1) is 0 Å². The summed E-state index contributed by atoms with van der Waals surface area (Å²) < 4.78 is 5.60. The second-order valence-corrected chi connectivity index (χ2v) is 5.05. The van der Waals surface area contributed by atoms with Crippen molar-refractivity contribution in [3.8, 4) is 0 Å². The first-order valence-electron chi connectivity index (χ1n) is 5.64. The van der Waals surface area contributed by atoms with Gasteiger partial charge in [0, 0.05) is 18.0 Å². The van der Waals surface area contributed by atoms with E-state index in [2.05, 4.69) is 31.9 Å². The summed E-state index contributed by atoms with van der Waals surface area (Å²) in [6.07, 6.45) is 1.07. The molecule has 5 nitrogen and oxygen atoms in total. The van der Waals surface area contributed by atoms with E-state index in [9.17, 15) is 0 Å². The Bertz CT molecular complexity index is 507. The molecule has 2 aromatic rings. The highest BCUT2D eigenvalue weighted by Crippen LogP contribution is 2.26. The second-order valence-electron chi connectivity index (χ2n) is 4.05. The summed E-state index contributed by atoms with van der Waals surface area (Å²) in [5, 5.41) is 13.2. The van der Waals surface area contributed by atoms with E-state index in [0.29, 0.717) is 18.5 Å². The highest BCUT2D eigenvalue weighted by molar-refractivity contribution is 7.10. The van der Waals surface area contributed by atoms with E-state index in [1.807, 2.05) is 18.4 Å². The van der Waals surface area contributed by atoms with Crippen molar-refractivity contribution in [2.75, 3.05) is 18.5 Å². The van der Waals surface area contributed by atoms with Gasteiger partial charge in [0.15, 0.2) is 0 Å². The van der Waals surface area contributed by atoms with Gasteiger partial charge in [-0.05, 0) is 30.5 Å². The van der Waals surface area contributed by atoms with Gasteiger partial charge >= 0.3 is 6.01 Å². The zero-order chi connectivity index (χ0) is 11.7. The topological polar surface area (TPSA) is 54.2 Å². The van der Waals surface area contributed by atoms with E-state index >= 15 is 0 Å². The van der Waals surface area contributed by atoms with Crippen molar-refractivity contribution in [1.29, 1.82) is 0 Å². The first-order chi connectivity index (χ1) is 8.36. The molecule has 0 aliphatic carbocycles. The number of fused-ring (bicyclic) bond motifs is 1. The van der Waals surface area contributed by atoms with Crippen molar-refractivity contribution in [2.45, 2.75) is 19.5 Å². The highest BCUT2D eigenvalue weighted by Gasteiger charge is 2.21. The molecular formula is C11H14N4OS. The average Bonchev–Trinajstić information content (AvgIpc) is 2.96. The van der Waals surface area contributed by atoms with E-state index in [1.165, 1.54) is 10.4 Å². The largest absolute Gasteiger partial charge is 0.407 e. The van der Waals surface area contributed by atoms with Crippen LogP contribution in [0.3, 0.4) is 0 Å². The fourth-order valence-corrected chi connectivity index (χ4v) is 2.90. The van der Waals surface area contributed by atoms with E-state index in [1.54, 1.807) is 0 Å². The molecule has 0 spiro atoms. The third-order valence-corrected chi connectivity index (χ3v) is 3.89. The molecule has 3 rings (SSSR count). The van der Waals surface area contributed by atoms with Gasteiger partial charge in [-0.1, -0.05) is 5.10 Å². The lowest BCUT2D eigenvalue weighted by Crippen LogP contribution is -2.29. The maximum absolute atomic E-state index is 5.60. The third-order valence-electron chi connectivity index (χ3n) is 2.86. The van der Waals surface area contributed by atoms with Crippen LogP contribution in [0.2, 0.25) is 0 Å². The lowest BCUT2D eigenvalue weighted by Gasteiger charge is -2.24. The van der Waals surface area contributed by atoms with Crippen molar-refractivity contribution >= 4 is 17.4 Å². The molecule has 0 bridgehead atoms. The standard InChI is InChI=1S/C11H14N4OS/c1-12-6-10-13-14-11(16-10)15-4-2-9-8(7-15)3-5-17-9/h3,5,12H,2,4,6-7H2,1H3. The zero-order valence-electron chi connectivity index (χ0n) is 9.64. The lowest BCUT2D eigenvalue weighted by molar-refractivity contribution is 0.466. The fourth-order valence-electron chi connectivity index (χ4n) is 2.01. The zero-order valence-corrected chi connectivity index (χ0v) is 10.5. The Labute approximate surface area is 103 Å². The van der Waals surface area contributed by atoms with E-state index in [-0.39, 0.29) is 0 Å². The molecule has 0 radical (unpaired) electrons. The van der Waals surface area contributed by atoms with Gasteiger partial charge in [-0.3, -0.25) is 0 Å². The summed E-state index contributed by atoms with van der Waals surface area (Å²) in [5.74, 6) is 0.638. The minimum Gasteiger partial charge on any atom is -0.407 e. The average molecular weight is 250 g/mol. The summed E-state index contributed by atoms with van der Waals surface area (Å²) in [6.45, 7) is 2.44. The molecular weight excluding hydrogens is 236 g/mol. The summed E-state index contributed by atoms with van der Waals surface area (Å²) in [5.41, 5.74) is 1.38. The van der Waals surface area contributed by atoms with Gasteiger partial charge in [-0.25, -0.2) is 0 Å². The Morgan fingerprint density at radius 2 is 2.47 bits per heavy atom. The molecule has 2 aromatic heterocycles. The van der Waals surface area contributed by atoms with Gasteiger partial charge < -0.3 is 14.6 Å². The predicted octanol–water partition coefficient (Wildman–Crippen LogP) is 1.41. The van der Waals surface area contributed by atoms with Crippen LogP contribution in [0.5, 0.6) is 0 Å². The van der Waals surface area contributed by atoms with Crippen molar-refractivity contribution in [2.24, 2.45) is 0 Å². The predicted molar refractivity (Wildman–Crippen MR) is 66.1 cm³/mol. The van der Waals surface area contributed by atoms with E-state index < -0.39 is 0 Å². The monoisotopic (exact) mass is 250 g/mol. The SMILES string of the molecule is CNCc1nnc(N2CCc3sccc3C2)o1. The first kappa shape index (κ1) is 10.7. The normalized spacial score (nSPS) is 15.0. The molecule has 0 unspecified atom stereocenters. The molecule has 0 saturated heterocycles. The summed E-state index contributed by atoms with van der Waals surface area (Å²) in [6, 6.07) is 2.81. The molecule has 1 aliphatic rings. The Kier molecular flexibility index (Phi) is 2.82. The molecule has 1 aliphatic heterocycles. The van der Waals surface area contributed by atoms with Gasteiger partial charge in [0.1, 0.15) is 0 Å². The lowest BCUT2D eigenvalue weighted by atomic mass is 10.1. The van der Waals surface area contributed by atoms with Crippen LogP contribution < -0.4 is 10.2 Å². The van der Waals surface area contributed by atoms with E-state index in [4.69, 9.17) is 4.42 Å². The Morgan fingerprint density at radius 1 is 1.53 bits per heavy atom. The van der Waals surface area contributed by atoms with Gasteiger partial charge in [0.25, 0.3) is 0 Å². The number of anilines is 1. The summed E-state index contributed by atoms with van der Waals surface area (Å²) in [4.78, 5) is 3.62. The van der Waals surface area contributed by atoms with Crippen LogP contribution >= 0.6 is 11.3 Å². The summed E-state index contributed by atoms with van der Waals surface area (Å²) in [7, 11) is 1.86. The molecule has 0 fully saturated rings. The number of hydrogen-bond acceptors (Lipinski definition) is 6. The van der Waals surface area contributed by atoms with Crippen LogP contribution in [-0.2, 0) is 19.5 Å². The van der Waals surface area contributed by atoms with Crippen molar-refractivity contribution in [3.05, 3.63) is 27.8 Å². The molecule has 0 aromatic carbocycles. The second kappa shape index (κ2) is 4.46. The van der Waals surface area contributed by atoms with Crippen LogP contribution in [0.4, 0.5) is 6.01 Å². The first-order valence-corrected chi connectivity index (χ1v) is 6.52. The summed E-state index contributed by atoms with van der Waals surface area (Å²) >= 11 is 1.83. The van der Waals surface area contributed by atoms with Crippen LogP contribution in [0.25, 0.3) is 0 Å². The molecule has 3 heterocycles. The van der Waals surface area contributed by atoms with E-state index in [0.717, 1.165) is 19.5 Å². The quantitative estimate of drug-likeness (QED) is 0.892. The van der Waals surface area contributed by atoms with Crippen molar-refractivity contribution < 1.29 is 4.42 Å². The minimum atomic E-state index is 0.616. The van der Waals surface area contributed by atoms with Crippen LogP contribution in [0.15, 0.2) is 15.9 Å². The number of thiophene rings is 1. The molecule has 0 amide bonds. The van der Waals surface area contributed by atoms with Crippen molar-refractivity contribution in [1.82, 2.24) is 15.5 Å². The maximum Gasteiger partial charge on any atom is 0.318 e. The van der Waals surface area contributed by atoms with Crippen LogP contribution in [0.1, 0.15) is 16.3 Å². The van der Waals surface area contributed by atoms with Gasteiger partial charge in [0.2, 0.25) is 5.89 Å². The fraction of sp³-hybridized carbons (Fsp3) is 0.455. The molecule has 90 valence electrons. The molecule has 1 N–H and O–H groups in total. The Balaban J connectivity index is 1.77. The Morgan fingerprint density at radius 3 is 3.35 bits per heavy atom.